The van der Waals surface area contributed by atoms with Crippen LogP contribution in [0.4, 0.5) is 0 Å². The zero-order valence-electron chi connectivity index (χ0n) is 13.7. The van der Waals surface area contributed by atoms with Gasteiger partial charge in [-0.05, 0) is 38.3 Å². The Balaban J connectivity index is 1.56. The molecule has 2 heterocycles. The summed E-state index contributed by atoms with van der Waals surface area (Å²) in [4.78, 5) is 18.1. The lowest BCUT2D eigenvalue weighted by atomic mass is 10.1. The second kappa shape index (κ2) is 7.81. The van der Waals surface area contributed by atoms with Crippen LogP contribution in [-0.4, -0.2) is 40.6 Å². The summed E-state index contributed by atoms with van der Waals surface area (Å²) in [7, 11) is 0. The lowest BCUT2D eigenvalue weighted by Gasteiger charge is -2.26. The highest BCUT2D eigenvalue weighted by molar-refractivity contribution is 5.77. The number of likely N-dealkylation sites (tertiary alicyclic amines) is 1. The fraction of sp³-hybridized carbons (Fsp3) is 0.471. The Morgan fingerprint density at radius 3 is 2.54 bits per heavy atom. The van der Waals surface area contributed by atoms with E-state index >= 15 is 0 Å². The number of hydrogen-bond donors (Lipinski definition) is 0. The van der Waals surface area contributed by atoms with Gasteiger partial charge in [-0.25, -0.2) is 0 Å². The molecule has 128 valence electrons. The van der Waals surface area contributed by atoms with Gasteiger partial charge in [-0.3, -0.25) is 4.79 Å². The molecular weight excluding hydrogens is 310 g/mol. The van der Waals surface area contributed by atoms with Crippen LogP contribution in [0.25, 0.3) is 0 Å². The number of amides is 1. The van der Waals surface area contributed by atoms with Gasteiger partial charge < -0.3 is 18.9 Å². The summed E-state index contributed by atoms with van der Waals surface area (Å²) < 4.78 is 16.3. The number of benzene rings is 1. The zero-order chi connectivity index (χ0) is 16.8. The predicted molar refractivity (Wildman–Crippen MR) is 85.7 cm³/mol. The Kier molecular flexibility index (Phi) is 5.30. The SMILES string of the molecule is Cc1noc(COc2ccccc2OCC(=O)N2CCCCC2)n1. The van der Waals surface area contributed by atoms with Gasteiger partial charge in [0.2, 0.25) is 0 Å². The summed E-state index contributed by atoms with van der Waals surface area (Å²) in [5.74, 6) is 2.04. The van der Waals surface area contributed by atoms with Crippen molar-refractivity contribution >= 4 is 5.91 Å². The Morgan fingerprint density at radius 2 is 1.88 bits per heavy atom. The van der Waals surface area contributed by atoms with E-state index in [4.69, 9.17) is 14.0 Å². The third kappa shape index (κ3) is 4.24. The number of nitrogens with zero attached hydrogens (tertiary/aromatic N) is 3. The molecule has 0 atom stereocenters. The molecule has 1 aliphatic rings. The summed E-state index contributed by atoms with van der Waals surface area (Å²) in [5, 5.41) is 3.72. The molecule has 1 aliphatic heterocycles. The third-order valence-corrected chi connectivity index (χ3v) is 3.83. The van der Waals surface area contributed by atoms with Crippen LogP contribution in [0.3, 0.4) is 0 Å². The van der Waals surface area contributed by atoms with Crippen molar-refractivity contribution < 1.29 is 18.8 Å². The maximum Gasteiger partial charge on any atom is 0.264 e. The zero-order valence-corrected chi connectivity index (χ0v) is 13.7. The van der Waals surface area contributed by atoms with E-state index in [2.05, 4.69) is 10.1 Å². The Labute approximate surface area is 140 Å². The van der Waals surface area contributed by atoms with Crippen molar-refractivity contribution in [3.05, 3.63) is 36.0 Å². The molecule has 1 aromatic heterocycles. The molecule has 0 radical (unpaired) electrons. The minimum atomic E-state index is 0.0111. The summed E-state index contributed by atoms with van der Waals surface area (Å²) in [6.45, 7) is 3.55. The van der Waals surface area contributed by atoms with Crippen molar-refractivity contribution in [3.63, 3.8) is 0 Å². The molecule has 0 bridgehead atoms. The van der Waals surface area contributed by atoms with Crippen LogP contribution < -0.4 is 9.47 Å². The minimum absolute atomic E-state index is 0.0111. The number of aryl methyl sites for hydroxylation is 1. The topological polar surface area (TPSA) is 77.7 Å². The van der Waals surface area contributed by atoms with Crippen LogP contribution in [0.15, 0.2) is 28.8 Å². The third-order valence-electron chi connectivity index (χ3n) is 3.83. The molecule has 7 heteroatoms. The summed E-state index contributed by atoms with van der Waals surface area (Å²) >= 11 is 0. The van der Waals surface area contributed by atoms with Gasteiger partial charge in [0, 0.05) is 13.1 Å². The molecule has 0 N–H and O–H groups in total. The Morgan fingerprint density at radius 1 is 1.17 bits per heavy atom. The molecule has 1 amide bonds. The van der Waals surface area contributed by atoms with Gasteiger partial charge in [0.25, 0.3) is 11.8 Å². The monoisotopic (exact) mass is 331 g/mol. The second-order valence-electron chi connectivity index (χ2n) is 5.70. The molecule has 1 aromatic carbocycles. The van der Waals surface area contributed by atoms with Gasteiger partial charge in [0.05, 0.1) is 0 Å². The van der Waals surface area contributed by atoms with E-state index in [0.29, 0.717) is 23.2 Å². The van der Waals surface area contributed by atoms with Crippen molar-refractivity contribution in [2.75, 3.05) is 19.7 Å². The van der Waals surface area contributed by atoms with Gasteiger partial charge in [-0.2, -0.15) is 4.98 Å². The average Bonchev–Trinajstić information content (AvgIpc) is 3.04. The quantitative estimate of drug-likeness (QED) is 0.808. The van der Waals surface area contributed by atoms with E-state index in [1.54, 1.807) is 19.1 Å². The van der Waals surface area contributed by atoms with Crippen molar-refractivity contribution in [1.29, 1.82) is 0 Å². The largest absolute Gasteiger partial charge is 0.480 e. The van der Waals surface area contributed by atoms with Crippen molar-refractivity contribution in [2.24, 2.45) is 0 Å². The first-order valence-corrected chi connectivity index (χ1v) is 8.14. The van der Waals surface area contributed by atoms with Gasteiger partial charge >= 0.3 is 0 Å². The smallest absolute Gasteiger partial charge is 0.264 e. The first-order valence-electron chi connectivity index (χ1n) is 8.14. The van der Waals surface area contributed by atoms with Crippen molar-refractivity contribution in [3.8, 4) is 11.5 Å². The number of rotatable bonds is 6. The highest BCUT2D eigenvalue weighted by Crippen LogP contribution is 2.27. The lowest BCUT2D eigenvalue weighted by Crippen LogP contribution is -2.38. The van der Waals surface area contributed by atoms with Crippen molar-refractivity contribution in [2.45, 2.75) is 32.8 Å². The number of carbonyl (C=O) groups excluding carboxylic acids is 1. The molecule has 0 unspecified atom stereocenters. The first kappa shape index (κ1) is 16.3. The normalized spacial score (nSPS) is 14.5. The fourth-order valence-electron chi connectivity index (χ4n) is 2.60. The minimum Gasteiger partial charge on any atom is -0.480 e. The maximum absolute atomic E-state index is 12.2. The van der Waals surface area contributed by atoms with Crippen LogP contribution in [0.1, 0.15) is 31.0 Å². The van der Waals surface area contributed by atoms with E-state index in [1.807, 2.05) is 17.0 Å². The molecule has 1 saturated heterocycles. The number of aromatic nitrogens is 2. The summed E-state index contributed by atoms with van der Waals surface area (Å²) in [6.07, 6.45) is 3.32. The van der Waals surface area contributed by atoms with Crippen LogP contribution in [0.5, 0.6) is 11.5 Å². The number of carbonyl (C=O) groups is 1. The van der Waals surface area contributed by atoms with Crippen LogP contribution in [-0.2, 0) is 11.4 Å². The van der Waals surface area contributed by atoms with Gasteiger partial charge in [-0.1, -0.05) is 17.3 Å². The van der Waals surface area contributed by atoms with Crippen LogP contribution in [0, 0.1) is 6.92 Å². The maximum atomic E-state index is 12.2. The van der Waals surface area contributed by atoms with Gasteiger partial charge in [0.15, 0.2) is 30.5 Å². The number of hydrogen-bond acceptors (Lipinski definition) is 6. The molecule has 0 spiro atoms. The molecule has 0 saturated carbocycles. The average molecular weight is 331 g/mol. The van der Waals surface area contributed by atoms with Crippen molar-refractivity contribution in [1.82, 2.24) is 15.0 Å². The predicted octanol–water partition coefficient (Wildman–Crippen LogP) is 2.35. The van der Waals surface area contributed by atoms with Crippen LogP contribution in [0.2, 0.25) is 0 Å². The highest BCUT2D eigenvalue weighted by Gasteiger charge is 2.17. The standard InChI is InChI=1S/C17H21N3O4/c1-13-18-16(24-19-13)11-22-14-7-3-4-8-15(14)23-12-17(21)20-9-5-2-6-10-20/h3-4,7-8H,2,5-6,9-12H2,1H3. The van der Waals surface area contributed by atoms with E-state index in [0.717, 1.165) is 25.9 Å². The lowest BCUT2D eigenvalue weighted by molar-refractivity contribution is -0.134. The van der Waals surface area contributed by atoms with Gasteiger partial charge in [0.1, 0.15) is 0 Å². The Bertz CT molecular complexity index is 680. The molecule has 24 heavy (non-hydrogen) atoms. The van der Waals surface area contributed by atoms with Gasteiger partial charge in [-0.15, -0.1) is 0 Å². The fourth-order valence-corrected chi connectivity index (χ4v) is 2.60. The molecule has 7 nitrogen and oxygen atoms in total. The molecule has 1 fully saturated rings. The van der Waals surface area contributed by atoms with E-state index in [-0.39, 0.29) is 19.1 Å². The second-order valence-corrected chi connectivity index (χ2v) is 5.70. The van der Waals surface area contributed by atoms with Crippen LogP contribution >= 0.6 is 0 Å². The number of piperidine rings is 1. The molecule has 2 aromatic rings. The van der Waals surface area contributed by atoms with E-state index in [9.17, 15) is 4.79 Å². The first-order chi connectivity index (χ1) is 11.7. The highest BCUT2D eigenvalue weighted by atomic mass is 16.5. The van der Waals surface area contributed by atoms with E-state index in [1.165, 1.54) is 6.42 Å². The molecule has 0 aliphatic carbocycles. The Hall–Kier alpha value is -2.57. The summed E-state index contributed by atoms with van der Waals surface area (Å²) in [5.41, 5.74) is 0. The summed E-state index contributed by atoms with van der Waals surface area (Å²) in [6, 6.07) is 7.24. The van der Waals surface area contributed by atoms with E-state index < -0.39 is 0 Å². The molecular formula is C17H21N3O4. The number of para-hydroxylation sites is 2. The number of ether oxygens (including phenoxy) is 2. The molecule has 3 rings (SSSR count).